The average molecular weight is 1970 g/mol. The van der Waals surface area contributed by atoms with Gasteiger partial charge in [0.15, 0.2) is 6.79 Å². The Bertz CT molecular complexity index is 7210. The van der Waals surface area contributed by atoms with Gasteiger partial charge in [-0.1, -0.05) is 284 Å². The molecule has 0 aliphatic heterocycles. The molecule has 2 aliphatic carbocycles. The molecule has 24 heteroatoms. The van der Waals surface area contributed by atoms with Gasteiger partial charge in [-0.25, -0.2) is 43.2 Å². The van der Waals surface area contributed by atoms with E-state index >= 15 is 0 Å². The van der Waals surface area contributed by atoms with Crippen LogP contribution in [0.5, 0.6) is 51.7 Å². The molecule has 0 saturated heterocycles. The number of hydrogen-bond donors (Lipinski definition) is 1. The topological polar surface area (TPSA) is 305 Å². The number of aromatic hydroxyl groups is 1. The molecule has 15 aromatic rings. The molecule has 0 radical (unpaired) electrons. The van der Waals surface area contributed by atoms with Gasteiger partial charge in [-0.15, -0.1) is 0 Å². The minimum absolute atomic E-state index is 0.0382. The van der Waals surface area contributed by atoms with Crippen LogP contribution in [0, 0.1) is 0 Å². The van der Waals surface area contributed by atoms with Crippen LogP contribution in [-0.2, 0) is 79.7 Å². The SMILES string of the molecule is C=C(C)C(=O)Oc1ccccc1.C=CC(=O)OC1Cc2cccc3cccc1c23.C=CC(=O)OCC1c2ccccc2C=Cc2ccccc21.C=CC(=O)OCCOc1ccccc1.C=CC(=O)Oc1ccc(N(C)C)c2ccccc12.C=CC(=O)Oc1ccc2cc(CC(C)=O)ccc2c1.C=CC(=O)Oc1ccc2cc(O)ccc2c1.C=CC(=O)Oc1ccc2cc(OCOC)ccc2c1.C=CC(=O)Oc1ccccc1. The summed E-state index contributed by atoms with van der Waals surface area (Å²) in [5, 5.41) is 19.4. The molecule has 24 nitrogen and oxygen atoms in total. The van der Waals surface area contributed by atoms with Gasteiger partial charge in [-0.05, 0) is 200 Å². The van der Waals surface area contributed by atoms with E-state index in [1.54, 1.807) is 136 Å². The fourth-order valence-electron chi connectivity index (χ4n) is 14.3. The van der Waals surface area contributed by atoms with Crippen LogP contribution in [0.15, 0.2) is 435 Å². The molecule has 0 fully saturated rings. The minimum atomic E-state index is -0.488. The summed E-state index contributed by atoms with van der Waals surface area (Å²) in [6.07, 6.45) is 14.5. The molecule has 0 spiro atoms. The summed E-state index contributed by atoms with van der Waals surface area (Å²) < 4.78 is 61.0. The molecule has 0 aromatic heterocycles. The zero-order chi connectivity index (χ0) is 106. The lowest BCUT2D eigenvalue weighted by Crippen LogP contribution is -2.14. The molecule has 15 aromatic carbocycles. The normalized spacial score (nSPS) is 11.0. The minimum Gasteiger partial charge on any atom is -0.508 e. The van der Waals surface area contributed by atoms with Gasteiger partial charge in [-0.3, -0.25) is 4.79 Å². The summed E-state index contributed by atoms with van der Waals surface area (Å²) in [4.78, 5) is 113. The first kappa shape index (κ1) is 112. The Hall–Kier alpha value is -18.9. The van der Waals surface area contributed by atoms with Crippen LogP contribution >= 0.6 is 0 Å². The van der Waals surface area contributed by atoms with E-state index in [4.69, 9.17) is 56.8 Å². The number of para-hydroxylation sites is 3. The summed E-state index contributed by atoms with van der Waals surface area (Å²) in [7, 11) is 5.54. The second kappa shape index (κ2) is 59.0. The Balaban J connectivity index is 0.000000185. The highest BCUT2D eigenvalue weighted by Gasteiger charge is 2.27. The van der Waals surface area contributed by atoms with Crippen LogP contribution < -0.4 is 42.8 Å². The fraction of sp³-hybridized carbons (Fsp3) is 0.106. The largest absolute Gasteiger partial charge is 0.508 e. The second-order valence-electron chi connectivity index (χ2n) is 31.8. The van der Waals surface area contributed by atoms with Crippen molar-refractivity contribution >= 4 is 131 Å². The van der Waals surface area contributed by atoms with Crippen molar-refractivity contribution in [1.29, 1.82) is 0 Å². The third-order valence-electron chi connectivity index (χ3n) is 21.0. The van der Waals surface area contributed by atoms with Gasteiger partial charge in [0.25, 0.3) is 0 Å². The third-order valence-corrected chi connectivity index (χ3v) is 21.0. The van der Waals surface area contributed by atoms with E-state index in [0.29, 0.717) is 59.7 Å². The van der Waals surface area contributed by atoms with Crippen molar-refractivity contribution in [3.8, 4) is 51.7 Å². The number of phenolic OH excluding ortho intramolecular Hbond substituents is 1. The monoisotopic (exact) mass is 1970 g/mol. The van der Waals surface area contributed by atoms with Crippen molar-refractivity contribution in [3.05, 3.63) is 474 Å². The lowest BCUT2D eigenvalue weighted by atomic mass is 9.88. The van der Waals surface area contributed by atoms with Crippen LogP contribution in [0.2, 0.25) is 0 Å². The number of Topliss-reactive ketones (excluding diaryl/α,β-unsaturated/α-hetero) is 1. The van der Waals surface area contributed by atoms with Crippen molar-refractivity contribution in [2.24, 2.45) is 0 Å². The number of hydrogen-bond acceptors (Lipinski definition) is 24. The Labute approximate surface area is 853 Å². The molecular formula is C123H111NO23. The number of rotatable bonds is 28. The van der Waals surface area contributed by atoms with Gasteiger partial charge >= 0.3 is 53.7 Å². The van der Waals surface area contributed by atoms with E-state index in [-0.39, 0.29) is 54.9 Å². The molecule has 0 heterocycles. The zero-order valence-electron chi connectivity index (χ0n) is 82.0. The second-order valence-corrected chi connectivity index (χ2v) is 31.8. The number of methoxy groups -OCH3 is 1. The number of ether oxygens (including phenoxy) is 12. The first-order valence-corrected chi connectivity index (χ1v) is 45.8. The molecule has 0 saturated carbocycles. The number of nitrogens with zero attached hydrogens (tertiary/aromatic N) is 1. The van der Waals surface area contributed by atoms with Crippen molar-refractivity contribution in [2.45, 2.75) is 38.7 Å². The number of carbonyl (C=O) groups excluding carboxylic acids is 10. The molecule has 0 bridgehead atoms. The first-order chi connectivity index (χ1) is 71.1. The Morgan fingerprint density at radius 3 is 1.27 bits per heavy atom. The maximum absolute atomic E-state index is 11.4. The number of anilines is 1. The smallest absolute Gasteiger partial charge is 0.338 e. The van der Waals surface area contributed by atoms with Crippen LogP contribution in [0.25, 0.3) is 66.0 Å². The Morgan fingerprint density at radius 2 is 0.776 bits per heavy atom. The predicted octanol–water partition coefficient (Wildman–Crippen LogP) is 24.5. The third kappa shape index (κ3) is 36.3. The maximum atomic E-state index is 11.4. The summed E-state index contributed by atoms with van der Waals surface area (Å²) in [6, 6.07) is 99.8. The van der Waals surface area contributed by atoms with E-state index in [0.717, 1.165) is 125 Å². The van der Waals surface area contributed by atoms with Crippen LogP contribution in [0.3, 0.4) is 0 Å². The molecule has 1 atom stereocenters. The fourth-order valence-corrected chi connectivity index (χ4v) is 14.3. The maximum Gasteiger partial charge on any atom is 0.338 e. The number of ketones is 1. The van der Waals surface area contributed by atoms with Gasteiger partial charge in [0.2, 0.25) is 0 Å². The molecule has 2 aliphatic rings. The van der Waals surface area contributed by atoms with Crippen molar-refractivity contribution in [2.75, 3.05) is 52.7 Å². The molecule has 147 heavy (non-hydrogen) atoms. The summed E-state index contributed by atoms with van der Waals surface area (Å²) in [5.41, 5.74) is 9.50. The van der Waals surface area contributed by atoms with E-state index < -0.39 is 35.8 Å². The number of phenols is 1. The Morgan fingerprint density at radius 1 is 0.361 bits per heavy atom. The van der Waals surface area contributed by atoms with Gasteiger partial charge < -0.3 is 66.8 Å². The molecule has 17 rings (SSSR count). The lowest BCUT2D eigenvalue weighted by molar-refractivity contribution is -0.143. The van der Waals surface area contributed by atoms with E-state index in [1.807, 2.05) is 183 Å². The van der Waals surface area contributed by atoms with E-state index in [9.17, 15) is 53.1 Å². The summed E-state index contributed by atoms with van der Waals surface area (Å²) >= 11 is 0. The van der Waals surface area contributed by atoms with Crippen LogP contribution in [-0.4, -0.2) is 112 Å². The van der Waals surface area contributed by atoms with Gasteiger partial charge in [0.05, 0.1) is 0 Å². The summed E-state index contributed by atoms with van der Waals surface area (Å²) in [6.45, 7) is 34.6. The zero-order valence-corrected chi connectivity index (χ0v) is 82.0. The van der Waals surface area contributed by atoms with Crippen molar-refractivity contribution in [3.63, 3.8) is 0 Å². The number of carbonyl (C=O) groups is 10. The van der Waals surface area contributed by atoms with Gasteiger partial charge in [0, 0.05) is 116 Å². The van der Waals surface area contributed by atoms with Gasteiger partial charge in [0.1, 0.15) is 83.5 Å². The lowest BCUT2D eigenvalue weighted by Gasteiger charge is -2.19. The van der Waals surface area contributed by atoms with E-state index in [1.165, 1.54) is 39.6 Å². The number of benzene rings is 15. The quantitative estimate of drug-likeness (QED) is 0.0119. The standard InChI is InChI=1S/C19H16O2.C16H14O3.C15H15NO2.C15H14O4.C15H12O2.C13H10O3.C11H12O3.C10H10O2.C9H8O2/c1-2-19(20)21-13-18-16-9-5-3-7-14(16)11-12-15-8-4-6-10-17(15)18;1-3-16(18)19-15-7-6-13-9-12(8-11(2)17)4-5-14(13)10-15;1-4-15(17)18-14-10-9-13(16(2)3)11-7-5-6-8-12(11)14;1-3-15(16)19-14-7-5-11-8-13(18-10-17-2)6-4-12(11)9-14;1-2-14(16)17-13-9-11-7-3-5-10-6-4-8-12(13)15(10)11;1-2-13(15)16-12-6-4-9-7-11(14)5-3-10(9)8-12;1-2-11(12)14-9-8-13-10-6-4-3-5-7-10;1-8(2)10(11)12-9-6-4-3-5-7-9;1-2-9(10)11-8-6-4-3-5-7-8/h2-12,18H,1,13H2;3-7,9-10H,1,8H2,2H3;4-10H,1H2,2-3H3;3-9H,1,10H2,2H3;2-8,13H,1,9H2;2-8,14H,1H2;2-7H,1,8-9H2;3-7H,1H2,2H3;2-7H,1H2. The highest BCUT2D eigenvalue weighted by Crippen LogP contribution is 2.40. The molecule has 746 valence electrons. The van der Waals surface area contributed by atoms with Crippen LogP contribution in [0.1, 0.15) is 64.8 Å². The first-order valence-electron chi connectivity index (χ1n) is 45.8. The predicted molar refractivity (Wildman–Crippen MR) is 576 cm³/mol. The van der Waals surface area contributed by atoms with Crippen molar-refractivity contribution in [1.82, 2.24) is 0 Å². The summed E-state index contributed by atoms with van der Waals surface area (Å²) in [5.74, 6) is 1.07. The van der Waals surface area contributed by atoms with Crippen LogP contribution in [0.4, 0.5) is 5.69 Å². The Kier molecular flexibility index (Phi) is 44.8. The molecule has 1 N–H and O–H groups in total. The molecular weight excluding hydrogens is 1860 g/mol. The van der Waals surface area contributed by atoms with Gasteiger partial charge in [-0.2, -0.15) is 0 Å². The highest BCUT2D eigenvalue weighted by molar-refractivity contribution is 6.01. The molecule has 0 amide bonds. The van der Waals surface area contributed by atoms with Crippen molar-refractivity contribution < 1.29 is 110 Å². The average Bonchev–Trinajstić information content (AvgIpc) is 1.63. The highest BCUT2D eigenvalue weighted by atomic mass is 16.7. The molecule has 1 unspecified atom stereocenters. The number of fused-ring (bicyclic) bond motifs is 6. The number of esters is 9. The van der Waals surface area contributed by atoms with E-state index in [2.05, 4.69) is 114 Å².